The smallest absolute Gasteiger partial charge is 0.326 e. The Kier molecular flexibility index (Phi) is 2.26. The van der Waals surface area contributed by atoms with E-state index in [1.165, 1.54) is 0 Å². The highest BCUT2D eigenvalue weighted by atomic mass is 35.5. The standard InChI is InChI=1S/C11H11ClN2O2/c12-8-2-1-3-9-10(8)14(11(15)13-9)7-4-5-16-6-7/h1-3,7H,4-6H2,(H,13,15). The van der Waals surface area contributed by atoms with E-state index in [0.717, 1.165) is 17.5 Å². The van der Waals surface area contributed by atoms with Gasteiger partial charge < -0.3 is 9.72 Å². The zero-order valence-corrected chi connectivity index (χ0v) is 9.33. The summed E-state index contributed by atoms with van der Waals surface area (Å²) in [4.78, 5) is 14.7. The lowest BCUT2D eigenvalue weighted by atomic mass is 10.2. The van der Waals surface area contributed by atoms with E-state index >= 15 is 0 Å². The molecule has 0 aliphatic carbocycles. The van der Waals surface area contributed by atoms with Crippen molar-refractivity contribution in [2.24, 2.45) is 0 Å². The number of ether oxygens (including phenoxy) is 1. The molecule has 5 heteroatoms. The second-order valence-electron chi connectivity index (χ2n) is 3.95. The summed E-state index contributed by atoms with van der Waals surface area (Å²) in [6.45, 7) is 1.28. The molecule has 0 radical (unpaired) electrons. The predicted molar refractivity (Wildman–Crippen MR) is 62.0 cm³/mol. The number of aromatic nitrogens is 2. The molecule has 3 rings (SSSR count). The van der Waals surface area contributed by atoms with Gasteiger partial charge in [-0.2, -0.15) is 0 Å². The lowest BCUT2D eigenvalue weighted by Gasteiger charge is -2.10. The first kappa shape index (κ1) is 9.93. The van der Waals surface area contributed by atoms with Gasteiger partial charge >= 0.3 is 5.69 Å². The van der Waals surface area contributed by atoms with Crippen molar-refractivity contribution in [3.63, 3.8) is 0 Å². The maximum absolute atomic E-state index is 11.9. The Morgan fingerprint density at radius 1 is 1.50 bits per heavy atom. The van der Waals surface area contributed by atoms with Crippen LogP contribution >= 0.6 is 11.6 Å². The molecule has 0 spiro atoms. The maximum Gasteiger partial charge on any atom is 0.326 e. The van der Waals surface area contributed by atoms with E-state index in [-0.39, 0.29) is 11.7 Å². The summed E-state index contributed by atoms with van der Waals surface area (Å²) in [5.41, 5.74) is 1.45. The molecule has 0 bridgehead atoms. The largest absolute Gasteiger partial charge is 0.379 e. The average molecular weight is 239 g/mol. The summed E-state index contributed by atoms with van der Waals surface area (Å²) in [5, 5.41) is 0.600. The zero-order chi connectivity index (χ0) is 11.1. The summed E-state index contributed by atoms with van der Waals surface area (Å²) in [5.74, 6) is 0. The lowest BCUT2D eigenvalue weighted by molar-refractivity contribution is 0.186. The number of hydrogen-bond acceptors (Lipinski definition) is 2. The molecule has 1 aliphatic rings. The fourth-order valence-electron chi connectivity index (χ4n) is 2.21. The molecule has 1 N–H and O–H groups in total. The molecule has 1 unspecified atom stereocenters. The van der Waals surface area contributed by atoms with E-state index in [2.05, 4.69) is 4.98 Å². The summed E-state index contributed by atoms with van der Waals surface area (Å²) < 4.78 is 7.02. The van der Waals surface area contributed by atoms with Crippen LogP contribution in [0.25, 0.3) is 11.0 Å². The Morgan fingerprint density at radius 2 is 2.38 bits per heavy atom. The van der Waals surface area contributed by atoms with Gasteiger partial charge in [0, 0.05) is 6.61 Å². The number of halogens is 1. The first-order chi connectivity index (χ1) is 7.77. The number of benzene rings is 1. The van der Waals surface area contributed by atoms with Crippen molar-refractivity contribution < 1.29 is 4.74 Å². The van der Waals surface area contributed by atoms with Crippen molar-refractivity contribution in [2.45, 2.75) is 12.5 Å². The van der Waals surface area contributed by atoms with Crippen molar-refractivity contribution in [3.8, 4) is 0 Å². The highest BCUT2D eigenvalue weighted by Gasteiger charge is 2.22. The topological polar surface area (TPSA) is 47.0 Å². The van der Waals surface area contributed by atoms with Gasteiger partial charge in [-0.15, -0.1) is 0 Å². The third-order valence-corrected chi connectivity index (χ3v) is 3.26. The second-order valence-corrected chi connectivity index (χ2v) is 4.36. The van der Waals surface area contributed by atoms with Crippen LogP contribution in [0.3, 0.4) is 0 Å². The van der Waals surface area contributed by atoms with Crippen LogP contribution in [0.1, 0.15) is 12.5 Å². The molecule has 2 aromatic rings. The average Bonchev–Trinajstić information content (AvgIpc) is 2.84. The van der Waals surface area contributed by atoms with E-state index < -0.39 is 0 Å². The molecule has 1 aliphatic heterocycles. The van der Waals surface area contributed by atoms with Crippen LogP contribution in [0.2, 0.25) is 5.02 Å². The zero-order valence-electron chi connectivity index (χ0n) is 8.57. The normalized spacial score (nSPS) is 20.7. The Bertz CT molecular complexity index is 581. The molecule has 0 amide bonds. The summed E-state index contributed by atoms with van der Waals surface area (Å²) in [6, 6.07) is 5.58. The molecule has 16 heavy (non-hydrogen) atoms. The molecule has 4 nitrogen and oxygen atoms in total. The van der Waals surface area contributed by atoms with E-state index in [1.54, 1.807) is 10.6 Å². The van der Waals surface area contributed by atoms with Crippen LogP contribution in [0.5, 0.6) is 0 Å². The molecule has 1 fully saturated rings. The highest BCUT2D eigenvalue weighted by Crippen LogP contribution is 2.26. The molecule has 1 aromatic carbocycles. The molecule has 0 saturated carbocycles. The van der Waals surface area contributed by atoms with Crippen molar-refractivity contribution in [3.05, 3.63) is 33.7 Å². The monoisotopic (exact) mass is 238 g/mol. The fourth-order valence-corrected chi connectivity index (χ4v) is 2.48. The highest BCUT2D eigenvalue weighted by molar-refractivity contribution is 6.34. The number of rotatable bonds is 1. The molecule has 84 valence electrons. The van der Waals surface area contributed by atoms with Gasteiger partial charge in [-0.05, 0) is 18.6 Å². The van der Waals surface area contributed by atoms with Gasteiger partial charge in [-0.1, -0.05) is 17.7 Å². The quantitative estimate of drug-likeness (QED) is 0.826. The first-order valence-electron chi connectivity index (χ1n) is 5.24. The maximum atomic E-state index is 11.9. The number of H-pyrrole nitrogens is 1. The van der Waals surface area contributed by atoms with Gasteiger partial charge in [0.05, 0.1) is 28.7 Å². The minimum absolute atomic E-state index is 0.0983. The molecular formula is C11H11ClN2O2. The minimum atomic E-state index is -0.112. The van der Waals surface area contributed by atoms with Crippen LogP contribution in [0, 0.1) is 0 Å². The van der Waals surface area contributed by atoms with Crippen molar-refractivity contribution in [1.82, 2.24) is 9.55 Å². The number of aromatic amines is 1. The van der Waals surface area contributed by atoms with Crippen molar-refractivity contribution in [2.75, 3.05) is 13.2 Å². The number of para-hydroxylation sites is 1. The summed E-state index contributed by atoms with van der Waals surface area (Å²) >= 11 is 6.13. The fraction of sp³-hybridized carbons (Fsp3) is 0.364. The Hall–Kier alpha value is -1.26. The van der Waals surface area contributed by atoms with Crippen LogP contribution < -0.4 is 5.69 Å². The Morgan fingerprint density at radius 3 is 3.12 bits per heavy atom. The van der Waals surface area contributed by atoms with Gasteiger partial charge in [0.2, 0.25) is 0 Å². The van der Waals surface area contributed by atoms with E-state index in [9.17, 15) is 4.79 Å². The predicted octanol–water partition coefficient (Wildman–Crippen LogP) is 1.94. The molecule has 1 aromatic heterocycles. The summed E-state index contributed by atoms with van der Waals surface area (Å²) in [7, 11) is 0. The van der Waals surface area contributed by atoms with E-state index in [4.69, 9.17) is 16.3 Å². The molecule has 1 atom stereocenters. The van der Waals surface area contributed by atoms with Crippen LogP contribution in [-0.2, 0) is 4.74 Å². The van der Waals surface area contributed by atoms with Gasteiger partial charge in [0.1, 0.15) is 0 Å². The first-order valence-corrected chi connectivity index (χ1v) is 5.61. The van der Waals surface area contributed by atoms with Gasteiger partial charge in [0.25, 0.3) is 0 Å². The number of nitrogens with one attached hydrogen (secondary N) is 1. The van der Waals surface area contributed by atoms with Gasteiger partial charge in [-0.3, -0.25) is 4.57 Å². The number of nitrogens with zero attached hydrogens (tertiary/aromatic N) is 1. The Balaban J connectivity index is 2.29. The number of imidazole rings is 1. The molecule has 2 heterocycles. The van der Waals surface area contributed by atoms with Gasteiger partial charge in [-0.25, -0.2) is 4.79 Å². The third kappa shape index (κ3) is 1.37. The van der Waals surface area contributed by atoms with Gasteiger partial charge in [0.15, 0.2) is 0 Å². The summed E-state index contributed by atoms with van der Waals surface area (Å²) in [6.07, 6.45) is 0.859. The SMILES string of the molecule is O=c1[nH]c2cccc(Cl)c2n1C1CCOC1. The van der Waals surface area contributed by atoms with Crippen LogP contribution in [0.15, 0.2) is 23.0 Å². The number of hydrogen-bond donors (Lipinski definition) is 1. The number of fused-ring (bicyclic) bond motifs is 1. The Labute approximate surface area is 96.8 Å². The van der Waals surface area contributed by atoms with Crippen molar-refractivity contribution in [1.29, 1.82) is 0 Å². The lowest BCUT2D eigenvalue weighted by Crippen LogP contribution is -2.22. The minimum Gasteiger partial charge on any atom is -0.379 e. The second kappa shape index (κ2) is 3.64. The van der Waals surface area contributed by atoms with Crippen LogP contribution in [0.4, 0.5) is 0 Å². The van der Waals surface area contributed by atoms with Crippen molar-refractivity contribution >= 4 is 22.6 Å². The molecule has 1 saturated heterocycles. The van der Waals surface area contributed by atoms with E-state index in [0.29, 0.717) is 18.2 Å². The van der Waals surface area contributed by atoms with Crippen LogP contribution in [-0.4, -0.2) is 22.8 Å². The molecular weight excluding hydrogens is 228 g/mol. The van der Waals surface area contributed by atoms with E-state index in [1.807, 2.05) is 12.1 Å². The third-order valence-electron chi connectivity index (χ3n) is 2.96.